The molecule has 2 aliphatic heterocycles. The van der Waals surface area contributed by atoms with Gasteiger partial charge in [-0.15, -0.1) is 0 Å². The molecule has 1 amide bonds. The minimum Gasteiger partial charge on any atom is -0.467 e. The third-order valence-electron chi connectivity index (χ3n) is 5.95. The average Bonchev–Trinajstić information content (AvgIpc) is 3.33. The maximum absolute atomic E-state index is 9.55. The summed E-state index contributed by atoms with van der Waals surface area (Å²) in [6, 6.07) is 6.51. The summed E-state index contributed by atoms with van der Waals surface area (Å²) >= 11 is 0. The number of rotatable bonds is 6. The third-order valence-corrected chi connectivity index (χ3v) is 5.95. The van der Waals surface area contributed by atoms with Crippen molar-refractivity contribution in [2.75, 3.05) is 44.9 Å². The van der Waals surface area contributed by atoms with Gasteiger partial charge >= 0.3 is 6.01 Å². The summed E-state index contributed by atoms with van der Waals surface area (Å²) in [5, 5.41) is 11.9. The maximum atomic E-state index is 9.55. The molecule has 3 N–H and O–H groups in total. The fourth-order valence-corrected chi connectivity index (χ4v) is 3.83. The van der Waals surface area contributed by atoms with Crippen molar-refractivity contribution in [1.82, 2.24) is 25.3 Å². The zero-order chi connectivity index (χ0) is 27.0. The smallest absolute Gasteiger partial charge is 0.318 e. The number of fused-ring (bicyclic) bond motifs is 1. The second-order valence-electron chi connectivity index (χ2n) is 8.59. The number of carbonyl (C=O) groups excluding carboxylic acids is 1. The monoisotopic (exact) mass is 514 g/mol. The lowest BCUT2D eigenvalue weighted by Crippen LogP contribution is -2.33. The summed E-state index contributed by atoms with van der Waals surface area (Å²) < 4.78 is 9.92. The van der Waals surface area contributed by atoms with Crippen LogP contribution in [0.1, 0.15) is 57.2 Å². The highest BCUT2D eigenvalue weighted by molar-refractivity contribution is 5.80. The molecule has 2 saturated heterocycles. The Hall–Kier alpha value is -3.24. The number of ether oxygens (including phenoxy) is 2. The minimum atomic E-state index is -0.113. The van der Waals surface area contributed by atoms with E-state index in [-0.39, 0.29) is 12.6 Å². The zero-order valence-electron chi connectivity index (χ0n) is 22.7. The number of pyridine rings is 1. The number of anilines is 1. The zero-order valence-corrected chi connectivity index (χ0v) is 22.7. The number of piperidine rings is 1. The fraction of sp³-hybridized carbons (Fsp3) is 0.556. The Morgan fingerprint density at radius 1 is 1.30 bits per heavy atom. The summed E-state index contributed by atoms with van der Waals surface area (Å²) in [6.45, 7) is 11.7. The van der Waals surface area contributed by atoms with E-state index in [0.29, 0.717) is 18.3 Å². The maximum Gasteiger partial charge on any atom is 0.318 e. The van der Waals surface area contributed by atoms with Crippen molar-refractivity contribution in [2.45, 2.75) is 58.9 Å². The van der Waals surface area contributed by atoms with Crippen LogP contribution in [-0.4, -0.2) is 77.5 Å². The van der Waals surface area contributed by atoms with Gasteiger partial charge in [0, 0.05) is 61.9 Å². The Bertz CT molecular complexity index is 1040. The lowest BCUT2D eigenvalue weighted by molar-refractivity contribution is -0.110. The molecule has 1 unspecified atom stereocenters. The number of aliphatic hydroxyl groups is 1. The number of nitrogens with zero attached hydrogens (tertiary/aromatic N) is 4. The van der Waals surface area contributed by atoms with Gasteiger partial charge in [-0.25, -0.2) is 9.97 Å². The van der Waals surface area contributed by atoms with E-state index in [1.54, 1.807) is 14.0 Å². The van der Waals surface area contributed by atoms with Crippen LogP contribution < -0.4 is 15.0 Å². The van der Waals surface area contributed by atoms with Gasteiger partial charge in [0.25, 0.3) is 0 Å². The SMILES string of the molecule is C1COC1.CC.CC(CO)NC=O.COc1nc(C)cc(N2CCC(c3c[nH]c4ncccc34)CC2)n1. The standard InChI is InChI=1S/C18H21N5O.C4H9NO2.C3H6O.C2H6/c1-12-10-16(22-18(21-12)24-2)23-8-5-13(6-9-23)15-11-20-17-14(15)4-3-7-19-17;1-4(2-6)5-3-7;1-2-4-3-1;1-2/h3-4,7,10-11,13H,5-6,8-9H2,1-2H3,(H,19,20);3-4,6H,2H2,1H3,(H,5,7);1-3H2;1-2H3. The highest BCUT2D eigenvalue weighted by atomic mass is 16.5. The van der Waals surface area contributed by atoms with Gasteiger partial charge in [-0.05, 0) is 56.7 Å². The van der Waals surface area contributed by atoms with Crippen LogP contribution in [0.25, 0.3) is 11.0 Å². The molecule has 10 nitrogen and oxygen atoms in total. The third kappa shape index (κ3) is 9.29. The number of aromatic nitrogens is 4. The largest absolute Gasteiger partial charge is 0.467 e. The predicted molar refractivity (Wildman–Crippen MR) is 146 cm³/mol. The first-order valence-corrected chi connectivity index (χ1v) is 13.0. The van der Waals surface area contributed by atoms with Gasteiger partial charge in [-0.2, -0.15) is 4.98 Å². The summed E-state index contributed by atoms with van der Waals surface area (Å²) in [5.74, 6) is 1.52. The number of methoxy groups -OCH3 is 1. The molecule has 0 saturated carbocycles. The summed E-state index contributed by atoms with van der Waals surface area (Å²) in [7, 11) is 1.61. The molecule has 0 spiro atoms. The molecule has 5 heterocycles. The predicted octanol–water partition coefficient (Wildman–Crippen LogP) is 3.60. The summed E-state index contributed by atoms with van der Waals surface area (Å²) in [5.41, 5.74) is 3.29. The van der Waals surface area contributed by atoms with Gasteiger partial charge in [0.05, 0.1) is 13.7 Å². The van der Waals surface area contributed by atoms with Crippen LogP contribution in [0, 0.1) is 6.92 Å². The Labute approximate surface area is 219 Å². The van der Waals surface area contributed by atoms with E-state index in [1.165, 1.54) is 17.4 Å². The quantitative estimate of drug-likeness (QED) is 0.426. The summed E-state index contributed by atoms with van der Waals surface area (Å²) in [6.07, 6.45) is 8.01. The van der Waals surface area contributed by atoms with Crippen LogP contribution in [-0.2, 0) is 9.53 Å². The molecular weight excluding hydrogens is 472 g/mol. The van der Waals surface area contributed by atoms with E-state index in [2.05, 4.69) is 42.4 Å². The Balaban J connectivity index is 0.000000307. The van der Waals surface area contributed by atoms with Crippen LogP contribution in [0.2, 0.25) is 0 Å². The Morgan fingerprint density at radius 3 is 2.51 bits per heavy atom. The molecule has 10 heteroatoms. The Kier molecular flexibility index (Phi) is 13.4. The summed E-state index contributed by atoms with van der Waals surface area (Å²) in [4.78, 5) is 28.3. The molecule has 5 rings (SSSR count). The van der Waals surface area contributed by atoms with E-state index in [9.17, 15) is 4.79 Å². The molecule has 1 atom stereocenters. The van der Waals surface area contributed by atoms with Gasteiger partial charge in [0.2, 0.25) is 6.41 Å². The molecule has 0 bridgehead atoms. The first-order valence-electron chi connectivity index (χ1n) is 13.0. The lowest BCUT2D eigenvalue weighted by atomic mass is 9.89. The van der Waals surface area contributed by atoms with Crippen molar-refractivity contribution in [1.29, 1.82) is 0 Å². The van der Waals surface area contributed by atoms with Gasteiger partial charge in [-0.1, -0.05) is 13.8 Å². The number of aryl methyl sites for hydroxylation is 1. The van der Waals surface area contributed by atoms with E-state index in [0.717, 1.165) is 56.3 Å². The molecule has 37 heavy (non-hydrogen) atoms. The van der Waals surface area contributed by atoms with Gasteiger partial charge in [0.15, 0.2) is 0 Å². The van der Waals surface area contributed by atoms with Crippen molar-refractivity contribution in [2.24, 2.45) is 0 Å². The lowest BCUT2D eigenvalue weighted by Gasteiger charge is -2.32. The average molecular weight is 515 g/mol. The van der Waals surface area contributed by atoms with E-state index >= 15 is 0 Å². The number of carbonyl (C=O) groups is 1. The van der Waals surface area contributed by atoms with Crippen molar-refractivity contribution in [3.63, 3.8) is 0 Å². The molecule has 204 valence electrons. The number of nitrogens with one attached hydrogen (secondary N) is 2. The van der Waals surface area contributed by atoms with E-state index in [4.69, 9.17) is 14.6 Å². The second-order valence-corrected chi connectivity index (χ2v) is 8.59. The fourth-order valence-electron chi connectivity index (χ4n) is 3.83. The van der Waals surface area contributed by atoms with Crippen molar-refractivity contribution in [3.05, 3.63) is 41.9 Å². The molecule has 3 aromatic heterocycles. The first-order chi connectivity index (χ1) is 18.0. The van der Waals surface area contributed by atoms with E-state index in [1.807, 2.05) is 39.1 Å². The number of H-pyrrole nitrogens is 1. The Morgan fingerprint density at radius 2 is 1.97 bits per heavy atom. The number of aliphatic hydroxyl groups excluding tert-OH is 1. The first kappa shape index (κ1) is 30.0. The van der Waals surface area contributed by atoms with Crippen LogP contribution in [0.5, 0.6) is 6.01 Å². The molecule has 3 aromatic rings. The van der Waals surface area contributed by atoms with Crippen LogP contribution in [0.15, 0.2) is 30.6 Å². The topological polar surface area (TPSA) is 125 Å². The number of hydrogen-bond acceptors (Lipinski definition) is 8. The van der Waals surface area contributed by atoms with Crippen LogP contribution >= 0.6 is 0 Å². The van der Waals surface area contributed by atoms with Crippen LogP contribution in [0.4, 0.5) is 5.82 Å². The van der Waals surface area contributed by atoms with Crippen molar-refractivity contribution >= 4 is 23.3 Å². The minimum absolute atomic E-state index is 0.00125. The molecule has 0 aliphatic carbocycles. The number of hydrogen-bond donors (Lipinski definition) is 3. The molecule has 0 radical (unpaired) electrons. The van der Waals surface area contributed by atoms with Gasteiger partial charge in [-0.3, -0.25) is 4.79 Å². The van der Waals surface area contributed by atoms with Crippen molar-refractivity contribution < 1.29 is 19.4 Å². The number of aromatic amines is 1. The normalized spacial score (nSPS) is 15.5. The highest BCUT2D eigenvalue weighted by Gasteiger charge is 2.24. The highest BCUT2D eigenvalue weighted by Crippen LogP contribution is 2.33. The van der Waals surface area contributed by atoms with Crippen molar-refractivity contribution in [3.8, 4) is 6.01 Å². The van der Waals surface area contributed by atoms with Gasteiger partial charge < -0.3 is 29.8 Å². The van der Waals surface area contributed by atoms with Crippen LogP contribution in [0.3, 0.4) is 0 Å². The molecule has 0 aromatic carbocycles. The molecule has 2 aliphatic rings. The van der Waals surface area contributed by atoms with Gasteiger partial charge in [0.1, 0.15) is 11.5 Å². The second kappa shape index (κ2) is 16.5. The van der Waals surface area contributed by atoms with E-state index < -0.39 is 0 Å². The number of amides is 1. The molecular formula is C27H42N6O4. The molecule has 2 fully saturated rings.